The molecular formula is C23H25NO4. The van der Waals surface area contributed by atoms with Crippen LogP contribution in [0.3, 0.4) is 0 Å². The van der Waals surface area contributed by atoms with Crippen molar-refractivity contribution in [2.24, 2.45) is 5.92 Å². The maximum atomic E-state index is 11.8. The number of ether oxygens (including phenoxy) is 3. The Morgan fingerprint density at radius 2 is 1.75 bits per heavy atom. The Balaban J connectivity index is 1.79. The van der Waals surface area contributed by atoms with Gasteiger partial charge in [-0.25, -0.2) is 0 Å². The predicted octanol–water partition coefficient (Wildman–Crippen LogP) is 4.74. The zero-order chi connectivity index (χ0) is 19.8. The number of carbonyl (C=O) groups excluding carboxylic acids is 1. The molecule has 0 unspecified atom stereocenters. The van der Waals surface area contributed by atoms with Gasteiger partial charge >= 0.3 is 0 Å². The molecule has 1 aliphatic heterocycles. The molecule has 4 rings (SSSR count). The van der Waals surface area contributed by atoms with Crippen molar-refractivity contribution in [1.29, 1.82) is 0 Å². The summed E-state index contributed by atoms with van der Waals surface area (Å²) in [5.74, 6) is 2.63. The number of fused-ring (bicyclic) bond motifs is 3. The van der Waals surface area contributed by atoms with Crippen LogP contribution in [0.2, 0.25) is 0 Å². The fourth-order valence-electron chi connectivity index (χ4n) is 4.42. The second-order valence-corrected chi connectivity index (χ2v) is 7.29. The molecule has 0 amide bonds. The quantitative estimate of drug-likeness (QED) is 0.601. The fourth-order valence-corrected chi connectivity index (χ4v) is 4.42. The van der Waals surface area contributed by atoms with E-state index in [1.165, 1.54) is 5.56 Å². The van der Waals surface area contributed by atoms with Crippen LogP contribution in [0.25, 0.3) is 0 Å². The first-order valence-corrected chi connectivity index (χ1v) is 9.45. The van der Waals surface area contributed by atoms with E-state index in [1.807, 2.05) is 30.3 Å². The Kier molecular flexibility index (Phi) is 4.75. The van der Waals surface area contributed by atoms with Crippen molar-refractivity contribution >= 4 is 11.5 Å². The summed E-state index contributed by atoms with van der Waals surface area (Å²) in [6.45, 7) is 1.61. The Bertz CT molecular complexity index is 925. The van der Waals surface area contributed by atoms with E-state index in [9.17, 15) is 4.79 Å². The number of Topliss-reactive ketones (excluding diaryl/α,β-unsaturated/α-hetero) is 1. The lowest BCUT2D eigenvalue weighted by Gasteiger charge is -2.38. The molecule has 0 saturated heterocycles. The number of hydrogen-bond donors (Lipinski definition) is 1. The second-order valence-electron chi connectivity index (χ2n) is 7.29. The zero-order valence-electron chi connectivity index (χ0n) is 16.6. The molecule has 0 aromatic heterocycles. The standard InChI is InChI=1S/C23H25NO4/c1-13(25)14-8-9-19-18(10-14)16-6-5-7-17(16)22(24-19)15-11-20(26-2)23(28-4)21(12-15)27-3/h5-6,8-12,16-17,22,24H,7H2,1-4H3/t16-,17+,22+/m1/s1. The Labute approximate surface area is 165 Å². The van der Waals surface area contributed by atoms with Crippen LogP contribution < -0.4 is 19.5 Å². The van der Waals surface area contributed by atoms with E-state index in [2.05, 4.69) is 17.5 Å². The third kappa shape index (κ3) is 2.91. The smallest absolute Gasteiger partial charge is 0.203 e. The molecule has 0 bridgehead atoms. The summed E-state index contributed by atoms with van der Waals surface area (Å²) >= 11 is 0. The van der Waals surface area contributed by atoms with E-state index in [0.29, 0.717) is 23.2 Å². The van der Waals surface area contributed by atoms with Gasteiger partial charge in [0.2, 0.25) is 5.75 Å². The first kappa shape index (κ1) is 18.4. The van der Waals surface area contributed by atoms with E-state index < -0.39 is 0 Å². The summed E-state index contributed by atoms with van der Waals surface area (Å²) in [6.07, 6.45) is 5.47. The largest absolute Gasteiger partial charge is 0.493 e. The number of ketones is 1. The lowest BCUT2D eigenvalue weighted by molar-refractivity contribution is 0.101. The molecule has 2 aromatic carbocycles. The number of hydrogen-bond acceptors (Lipinski definition) is 5. The van der Waals surface area contributed by atoms with Gasteiger partial charge in [-0.1, -0.05) is 12.2 Å². The minimum Gasteiger partial charge on any atom is -0.493 e. The van der Waals surface area contributed by atoms with Crippen molar-refractivity contribution in [3.63, 3.8) is 0 Å². The van der Waals surface area contributed by atoms with Gasteiger partial charge in [-0.3, -0.25) is 4.79 Å². The highest BCUT2D eigenvalue weighted by atomic mass is 16.5. The van der Waals surface area contributed by atoms with Crippen LogP contribution in [0.1, 0.15) is 46.8 Å². The molecule has 0 spiro atoms. The highest BCUT2D eigenvalue weighted by Crippen LogP contribution is 2.51. The van der Waals surface area contributed by atoms with Crippen LogP contribution in [-0.4, -0.2) is 27.1 Å². The van der Waals surface area contributed by atoms with E-state index in [1.54, 1.807) is 28.3 Å². The number of anilines is 1. The highest BCUT2D eigenvalue weighted by Gasteiger charge is 2.38. The van der Waals surface area contributed by atoms with Crippen molar-refractivity contribution in [3.05, 3.63) is 59.2 Å². The lowest BCUT2D eigenvalue weighted by atomic mass is 9.76. The third-order valence-electron chi connectivity index (χ3n) is 5.82. The number of allylic oxidation sites excluding steroid dienone is 2. The third-order valence-corrected chi connectivity index (χ3v) is 5.82. The molecule has 0 radical (unpaired) electrons. The molecular weight excluding hydrogens is 354 g/mol. The first-order chi connectivity index (χ1) is 13.6. The van der Waals surface area contributed by atoms with Crippen molar-refractivity contribution in [2.45, 2.75) is 25.3 Å². The molecule has 1 heterocycles. The van der Waals surface area contributed by atoms with Crippen LogP contribution in [0.15, 0.2) is 42.5 Å². The molecule has 0 fully saturated rings. The minimum atomic E-state index is 0.0908. The Morgan fingerprint density at radius 3 is 2.36 bits per heavy atom. The number of rotatable bonds is 5. The van der Waals surface area contributed by atoms with E-state index >= 15 is 0 Å². The molecule has 28 heavy (non-hydrogen) atoms. The van der Waals surface area contributed by atoms with Crippen LogP contribution >= 0.6 is 0 Å². The summed E-state index contributed by atoms with van der Waals surface area (Å²) in [4.78, 5) is 11.8. The molecule has 1 aliphatic carbocycles. The molecule has 5 nitrogen and oxygen atoms in total. The van der Waals surface area contributed by atoms with Crippen molar-refractivity contribution in [2.75, 3.05) is 26.6 Å². The Morgan fingerprint density at radius 1 is 1.04 bits per heavy atom. The fraction of sp³-hybridized carbons (Fsp3) is 0.348. The second kappa shape index (κ2) is 7.23. The number of carbonyl (C=O) groups is 1. The number of nitrogens with one attached hydrogen (secondary N) is 1. The summed E-state index contributed by atoms with van der Waals surface area (Å²) in [6, 6.07) is 10.1. The van der Waals surface area contributed by atoms with Crippen LogP contribution in [0, 0.1) is 5.92 Å². The van der Waals surface area contributed by atoms with Crippen LogP contribution in [0.4, 0.5) is 5.69 Å². The summed E-state index contributed by atoms with van der Waals surface area (Å²) in [7, 11) is 4.88. The maximum absolute atomic E-state index is 11.8. The highest BCUT2D eigenvalue weighted by molar-refractivity contribution is 5.95. The molecule has 5 heteroatoms. The topological polar surface area (TPSA) is 56.8 Å². The van der Waals surface area contributed by atoms with Gasteiger partial charge in [0.1, 0.15) is 0 Å². The van der Waals surface area contributed by atoms with E-state index in [4.69, 9.17) is 14.2 Å². The molecule has 3 atom stereocenters. The average Bonchev–Trinajstić information content (AvgIpc) is 3.21. The first-order valence-electron chi connectivity index (χ1n) is 9.45. The minimum absolute atomic E-state index is 0.0908. The monoisotopic (exact) mass is 379 g/mol. The summed E-state index contributed by atoms with van der Waals surface area (Å²) in [5, 5.41) is 3.69. The van der Waals surface area contributed by atoms with Crippen molar-refractivity contribution < 1.29 is 19.0 Å². The molecule has 2 aromatic rings. The molecule has 146 valence electrons. The number of methoxy groups -OCH3 is 3. The van der Waals surface area contributed by atoms with Gasteiger partial charge in [0.25, 0.3) is 0 Å². The van der Waals surface area contributed by atoms with Gasteiger partial charge in [-0.05, 0) is 60.7 Å². The molecule has 0 saturated carbocycles. The predicted molar refractivity (Wildman–Crippen MR) is 109 cm³/mol. The number of benzene rings is 2. The van der Waals surface area contributed by atoms with E-state index in [0.717, 1.165) is 23.2 Å². The van der Waals surface area contributed by atoms with E-state index in [-0.39, 0.29) is 17.7 Å². The van der Waals surface area contributed by atoms with Gasteiger partial charge in [0.05, 0.1) is 27.4 Å². The maximum Gasteiger partial charge on any atom is 0.203 e. The van der Waals surface area contributed by atoms with Gasteiger partial charge < -0.3 is 19.5 Å². The molecule has 1 N–H and O–H groups in total. The van der Waals surface area contributed by atoms with Crippen molar-refractivity contribution in [1.82, 2.24) is 0 Å². The van der Waals surface area contributed by atoms with Gasteiger partial charge in [-0.15, -0.1) is 0 Å². The Hall–Kier alpha value is -2.95. The average molecular weight is 379 g/mol. The SMILES string of the molecule is COc1cc([C@@H]2Nc3ccc(C(C)=O)cc3[C@@H]3C=CC[C@@H]32)cc(OC)c1OC. The van der Waals surface area contributed by atoms with Gasteiger partial charge in [-0.2, -0.15) is 0 Å². The van der Waals surface area contributed by atoms with Crippen LogP contribution in [-0.2, 0) is 0 Å². The van der Waals surface area contributed by atoms with Crippen molar-refractivity contribution in [3.8, 4) is 17.2 Å². The summed E-state index contributed by atoms with van der Waals surface area (Å²) < 4.78 is 16.6. The van der Waals surface area contributed by atoms with Gasteiger partial charge in [0.15, 0.2) is 17.3 Å². The zero-order valence-corrected chi connectivity index (χ0v) is 16.6. The molecule has 2 aliphatic rings. The summed E-state index contributed by atoms with van der Waals surface area (Å²) in [5.41, 5.74) is 4.10. The van der Waals surface area contributed by atoms with Crippen LogP contribution in [0.5, 0.6) is 17.2 Å². The normalized spacial score (nSPS) is 22.1. The lowest BCUT2D eigenvalue weighted by Crippen LogP contribution is -2.29. The van der Waals surface area contributed by atoms with Gasteiger partial charge in [0, 0.05) is 17.2 Å².